The van der Waals surface area contributed by atoms with Gasteiger partial charge in [0.25, 0.3) is 0 Å². The molecule has 0 fully saturated rings. The van der Waals surface area contributed by atoms with Crippen LogP contribution in [-0.2, 0) is 19.4 Å². The van der Waals surface area contributed by atoms with Crippen molar-refractivity contribution in [3.8, 4) is 0 Å². The van der Waals surface area contributed by atoms with Crippen LogP contribution in [0.4, 0.5) is 11.6 Å². The Hall–Kier alpha value is -2.10. The number of nitrogens with zero attached hydrogens (tertiary/aromatic N) is 2. The van der Waals surface area contributed by atoms with Crippen molar-refractivity contribution in [1.82, 2.24) is 9.97 Å². The van der Waals surface area contributed by atoms with Gasteiger partial charge in [-0.1, -0.05) is 38.1 Å². The molecule has 4 heteroatoms. The first-order valence-electron chi connectivity index (χ1n) is 7.68. The molecule has 0 spiro atoms. The molecular formula is C17H24N4. The van der Waals surface area contributed by atoms with Crippen molar-refractivity contribution in [3.05, 3.63) is 47.3 Å². The highest BCUT2D eigenvalue weighted by Gasteiger charge is 2.09. The minimum absolute atomic E-state index is 0.791. The van der Waals surface area contributed by atoms with E-state index >= 15 is 0 Å². The van der Waals surface area contributed by atoms with Crippen LogP contribution in [0, 0.1) is 0 Å². The molecule has 0 aliphatic carbocycles. The van der Waals surface area contributed by atoms with Gasteiger partial charge in [0.05, 0.1) is 0 Å². The highest BCUT2D eigenvalue weighted by Crippen LogP contribution is 2.21. The topological polar surface area (TPSA) is 49.8 Å². The van der Waals surface area contributed by atoms with Crippen molar-refractivity contribution < 1.29 is 0 Å². The van der Waals surface area contributed by atoms with E-state index in [4.69, 9.17) is 0 Å². The standard InChI is InChI=1S/C17H24N4/c1-4-13-9-7-8-10-14(13)11-19-17-15(5-2)16(18-6-3)20-12-21-17/h7-10,12H,4-6,11H2,1-3H3,(H2,18,19,20,21). The molecule has 1 aromatic heterocycles. The van der Waals surface area contributed by atoms with Crippen LogP contribution in [0.1, 0.15) is 37.5 Å². The molecule has 2 aromatic rings. The van der Waals surface area contributed by atoms with Crippen LogP contribution < -0.4 is 10.6 Å². The molecule has 0 aliphatic rings. The molecule has 1 aromatic carbocycles. The summed E-state index contributed by atoms with van der Waals surface area (Å²) in [6.07, 6.45) is 3.57. The lowest BCUT2D eigenvalue weighted by atomic mass is 10.1. The van der Waals surface area contributed by atoms with E-state index in [0.29, 0.717) is 0 Å². The largest absolute Gasteiger partial charge is 0.370 e. The molecule has 0 saturated carbocycles. The van der Waals surface area contributed by atoms with Crippen molar-refractivity contribution in [3.63, 3.8) is 0 Å². The summed E-state index contributed by atoms with van der Waals surface area (Å²) in [5.74, 6) is 1.86. The number of rotatable bonds is 7. The molecule has 4 nitrogen and oxygen atoms in total. The maximum Gasteiger partial charge on any atom is 0.134 e. The van der Waals surface area contributed by atoms with Gasteiger partial charge in [-0.25, -0.2) is 9.97 Å². The van der Waals surface area contributed by atoms with Crippen LogP contribution in [-0.4, -0.2) is 16.5 Å². The third kappa shape index (κ3) is 3.72. The molecule has 0 unspecified atom stereocenters. The lowest BCUT2D eigenvalue weighted by Gasteiger charge is -2.15. The summed E-state index contributed by atoms with van der Waals surface area (Å²) in [5, 5.41) is 6.76. The molecule has 0 saturated heterocycles. The number of aromatic nitrogens is 2. The summed E-state index contributed by atoms with van der Waals surface area (Å²) in [5.41, 5.74) is 3.85. The Labute approximate surface area is 127 Å². The number of hydrogen-bond donors (Lipinski definition) is 2. The van der Waals surface area contributed by atoms with Crippen LogP contribution >= 0.6 is 0 Å². The molecule has 0 aliphatic heterocycles. The van der Waals surface area contributed by atoms with Gasteiger partial charge >= 0.3 is 0 Å². The van der Waals surface area contributed by atoms with Crippen molar-refractivity contribution in [2.75, 3.05) is 17.2 Å². The van der Waals surface area contributed by atoms with E-state index < -0.39 is 0 Å². The van der Waals surface area contributed by atoms with Crippen LogP contribution in [0.2, 0.25) is 0 Å². The molecule has 0 radical (unpaired) electrons. The van der Waals surface area contributed by atoms with E-state index in [-0.39, 0.29) is 0 Å². The fourth-order valence-corrected chi connectivity index (χ4v) is 2.47. The number of aryl methyl sites for hydroxylation is 1. The van der Waals surface area contributed by atoms with Crippen molar-refractivity contribution in [2.45, 2.75) is 40.2 Å². The Kier molecular flexibility index (Phi) is 5.55. The lowest BCUT2D eigenvalue weighted by Crippen LogP contribution is -2.10. The van der Waals surface area contributed by atoms with Crippen molar-refractivity contribution in [2.24, 2.45) is 0 Å². The smallest absolute Gasteiger partial charge is 0.134 e. The predicted octanol–water partition coefficient (Wildman–Crippen LogP) is 3.65. The Morgan fingerprint density at radius 1 is 0.857 bits per heavy atom. The quantitative estimate of drug-likeness (QED) is 0.815. The third-order valence-electron chi connectivity index (χ3n) is 3.59. The van der Waals surface area contributed by atoms with Crippen LogP contribution in [0.3, 0.4) is 0 Å². The normalized spacial score (nSPS) is 10.4. The number of nitrogens with one attached hydrogen (secondary N) is 2. The first-order chi connectivity index (χ1) is 10.3. The number of anilines is 2. The van der Waals surface area contributed by atoms with E-state index in [1.165, 1.54) is 11.1 Å². The summed E-state index contributed by atoms with van der Waals surface area (Å²) < 4.78 is 0. The third-order valence-corrected chi connectivity index (χ3v) is 3.59. The Morgan fingerprint density at radius 2 is 1.52 bits per heavy atom. The zero-order chi connectivity index (χ0) is 15.1. The van der Waals surface area contributed by atoms with Gasteiger partial charge in [-0.05, 0) is 30.9 Å². The van der Waals surface area contributed by atoms with Gasteiger partial charge in [0.15, 0.2) is 0 Å². The van der Waals surface area contributed by atoms with Gasteiger partial charge in [-0.3, -0.25) is 0 Å². The lowest BCUT2D eigenvalue weighted by molar-refractivity contribution is 0.986. The summed E-state index contributed by atoms with van der Waals surface area (Å²) in [6.45, 7) is 8.04. The molecule has 0 amide bonds. The molecule has 21 heavy (non-hydrogen) atoms. The molecular weight excluding hydrogens is 260 g/mol. The van der Waals surface area contributed by atoms with Gasteiger partial charge in [-0.15, -0.1) is 0 Å². The van der Waals surface area contributed by atoms with Crippen LogP contribution in [0.15, 0.2) is 30.6 Å². The van der Waals surface area contributed by atoms with Crippen molar-refractivity contribution >= 4 is 11.6 Å². The molecule has 2 N–H and O–H groups in total. The second-order valence-electron chi connectivity index (χ2n) is 4.91. The maximum atomic E-state index is 4.40. The van der Waals surface area contributed by atoms with E-state index in [1.54, 1.807) is 6.33 Å². The van der Waals surface area contributed by atoms with Crippen LogP contribution in [0.25, 0.3) is 0 Å². The van der Waals surface area contributed by atoms with E-state index in [9.17, 15) is 0 Å². The number of hydrogen-bond acceptors (Lipinski definition) is 4. The second-order valence-corrected chi connectivity index (χ2v) is 4.91. The molecule has 0 atom stereocenters. The zero-order valence-electron chi connectivity index (χ0n) is 13.1. The summed E-state index contributed by atoms with van der Waals surface area (Å²) in [4.78, 5) is 8.73. The summed E-state index contributed by atoms with van der Waals surface area (Å²) >= 11 is 0. The summed E-state index contributed by atoms with van der Waals surface area (Å²) in [6, 6.07) is 8.53. The molecule has 2 rings (SSSR count). The second kappa shape index (κ2) is 7.62. The van der Waals surface area contributed by atoms with Gasteiger partial charge in [-0.2, -0.15) is 0 Å². The summed E-state index contributed by atoms with van der Waals surface area (Å²) in [7, 11) is 0. The fourth-order valence-electron chi connectivity index (χ4n) is 2.47. The molecule has 0 bridgehead atoms. The minimum Gasteiger partial charge on any atom is -0.370 e. The predicted molar refractivity (Wildman–Crippen MR) is 88.7 cm³/mol. The van der Waals surface area contributed by atoms with E-state index in [1.807, 2.05) is 0 Å². The van der Waals surface area contributed by atoms with Crippen LogP contribution in [0.5, 0.6) is 0 Å². The van der Waals surface area contributed by atoms with Gasteiger partial charge < -0.3 is 10.6 Å². The number of benzene rings is 1. The fraction of sp³-hybridized carbons (Fsp3) is 0.412. The van der Waals surface area contributed by atoms with E-state index in [0.717, 1.165) is 43.1 Å². The van der Waals surface area contributed by atoms with Gasteiger partial charge in [0.2, 0.25) is 0 Å². The Morgan fingerprint density at radius 3 is 2.14 bits per heavy atom. The average Bonchev–Trinajstić information content (AvgIpc) is 2.53. The SMILES string of the molecule is CCNc1ncnc(NCc2ccccc2CC)c1CC. The Bertz CT molecular complexity index is 581. The highest BCUT2D eigenvalue weighted by molar-refractivity contribution is 5.57. The zero-order valence-corrected chi connectivity index (χ0v) is 13.1. The molecule has 112 valence electrons. The van der Waals surface area contributed by atoms with Gasteiger partial charge in [0, 0.05) is 18.7 Å². The van der Waals surface area contributed by atoms with Gasteiger partial charge in [0.1, 0.15) is 18.0 Å². The highest BCUT2D eigenvalue weighted by atomic mass is 15.1. The molecule has 1 heterocycles. The average molecular weight is 284 g/mol. The first kappa shape index (κ1) is 15.3. The van der Waals surface area contributed by atoms with E-state index in [2.05, 4.69) is 65.6 Å². The monoisotopic (exact) mass is 284 g/mol. The van der Waals surface area contributed by atoms with Crippen molar-refractivity contribution in [1.29, 1.82) is 0 Å². The minimum atomic E-state index is 0.791. The maximum absolute atomic E-state index is 4.40. The Balaban J connectivity index is 2.18. The first-order valence-corrected chi connectivity index (χ1v) is 7.68.